The largest absolute Gasteiger partial charge is 0.497 e. The lowest BCUT2D eigenvalue weighted by Crippen LogP contribution is -2.08. The normalized spacial score (nSPS) is 11.5. The summed E-state index contributed by atoms with van der Waals surface area (Å²) in [5, 5.41) is 0. The van der Waals surface area contributed by atoms with Crippen LogP contribution in [0.2, 0.25) is 0 Å². The minimum atomic E-state index is -4.54. The zero-order chi connectivity index (χ0) is 17.7. The second-order valence-corrected chi connectivity index (χ2v) is 4.85. The van der Waals surface area contributed by atoms with E-state index in [1.165, 1.54) is 13.2 Å². The molecule has 2 aromatic carbocycles. The van der Waals surface area contributed by atoms with E-state index in [0.717, 1.165) is 25.3 Å². The van der Waals surface area contributed by atoms with Gasteiger partial charge in [-0.1, -0.05) is 24.3 Å². The zero-order valence-electron chi connectivity index (χ0n) is 13.1. The number of ether oxygens (including phenoxy) is 2. The first kappa shape index (κ1) is 17.6. The quantitative estimate of drug-likeness (QED) is 0.606. The molecule has 0 spiro atoms. The van der Waals surface area contributed by atoms with E-state index in [-0.39, 0.29) is 5.56 Å². The molecule has 0 heterocycles. The molecule has 0 aliphatic rings. The molecule has 0 unspecified atom stereocenters. The maximum absolute atomic E-state index is 13.3. The fourth-order valence-electron chi connectivity index (χ4n) is 2.23. The van der Waals surface area contributed by atoms with Crippen LogP contribution in [0.1, 0.15) is 11.1 Å². The number of hydrogen-bond acceptors (Lipinski definition) is 3. The van der Waals surface area contributed by atoms with Crippen LogP contribution in [0.5, 0.6) is 5.75 Å². The summed E-state index contributed by atoms with van der Waals surface area (Å²) in [6.45, 7) is 0. The van der Waals surface area contributed by atoms with E-state index in [4.69, 9.17) is 4.74 Å². The van der Waals surface area contributed by atoms with Crippen LogP contribution in [0, 0.1) is 0 Å². The Morgan fingerprint density at radius 1 is 1.04 bits per heavy atom. The Balaban J connectivity index is 2.61. The molecule has 0 atom stereocenters. The van der Waals surface area contributed by atoms with Crippen molar-refractivity contribution in [2.75, 3.05) is 14.2 Å². The molecule has 24 heavy (non-hydrogen) atoms. The maximum atomic E-state index is 13.3. The molecule has 0 fully saturated rings. The van der Waals surface area contributed by atoms with Gasteiger partial charge in [0.05, 0.1) is 19.8 Å². The van der Waals surface area contributed by atoms with Gasteiger partial charge in [0.15, 0.2) is 0 Å². The van der Waals surface area contributed by atoms with Gasteiger partial charge in [-0.15, -0.1) is 0 Å². The highest BCUT2D eigenvalue weighted by atomic mass is 19.4. The van der Waals surface area contributed by atoms with Gasteiger partial charge in [-0.05, 0) is 41.0 Å². The Morgan fingerprint density at radius 3 is 2.25 bits per heavy atom. The molecule has 0 aliphatic heterocycles. The fraction of sp³-hybridized carbons (Fsp3) is 0.167. The van der Waals surface area contributed by atoms with Gasteiger partial charge in [-0.3, -0.25) is 0 Å². The first-order valence-electron chi connectivity index (χ1n) is 6.97. The molecule has 0 aromatic heterocycles. The van der Waals surface area contributed by atoms with Crippen LogP contribution in [-0.4, -0.2) is 20.2 Å². The first-order valence-corrected chi connectivity index (χ1v) is 6.97. The van der Waals surface area contributed by atoms with Gasteiger partial charge in [-0.2, -0.15) is 13.2 Å². The van der Waals surface area contributed by atoms with Gasteiger partial charge in [0.25, 0.3) is 0 Å². The van der Waals surface area contributed by atoms with Gasteiger partial charge in [0.1, 0.15) is 5.75 Å². The van der Waals surface area contributed by atoms with E-state index in [1.54, 1.807) is 30.3 Å². The Morgan fingerprint density at radius 2 is 1.71 bits per heavy atom. The number of benzene rings is 2. The molecule has 0 N–H and O–H groups in total. The Kier molecular flexibility index (Phi) is 5.28. The predicted molar refractivity (Wildman–Crippen MR) is 84.5 cm³/mol. The van der Waals surface area contributed by atoms with Crippen LogP contribution in [-0.2, 0) is 15.7 Å². The lowest BCUT2D eigenvalue weighted by Gasteiger charge is -2.15. The van der Waals surface area contributed by atoms with Crippen molar-refractivity contribution in [1.82, 2.24) is 0 Å². The number of carbonyl (C=O) groups excluding carboxylic acids is 1. The number of esters is 1. The number of alkyl halides is 3. The van der Waals surface area contributed by atoms with Crippen molar-refractivity contribution in [1.29, 1.82) is 0 Å². The second-order valence-electron chi connectivity index (χ2n) is 4.85. The number of methoxy groups -OCH3 is 2. The molecule has 2 rings (SSSR count). The second kappa shape index (κ2) is 7.21. The van der Waals surface area contributed by atoms with Crippen molar-refractivity contribution < 1.29 is 27.4 Å². The monoisotopic (exact) mass is 336 g/mol. The predicted octanol–water partition coefficient (Wildman–Crippen LogP) is 4.57. The van der Waals surface area contributed by atoms with Gasteiger partial charge < -0.3 is 9.47 Å². The van der Waals surface area contributed by atoms with Crippen molar-refractivity contribution in [2.24, 2.45) is 0 Å². The highest BCUT2D eigenvalue weighted by Crippen LogP contribution is 2.37. The third-order valence-corrected chi connectivity index (χ3v) is 3.40. The SMILES string of the molecule is COC(=O)/C=C/c1c(-c2ccc(OC)cc2)cccc1C(F)(F)F. The van der Waals surface area contributed by atoms with Crippen molar-refractivity contribution in [3.05, 3.63) is 59.7 Å². The van der Waals surface area contributed by atoms with E-state index in [9.17, 15) is 18.0 Å². The molecule has 0 saturated heterocycles. The van der Waals surface area contributed by atoms with E-state index < -0.39 is 17.7 Å². The summed E-state index contributed by atoms with van der Waals surface area (Å²) in [5.41, 5.74) is 0.00980. The lowest BCUT2D eigenvalue weighted by atomic mass is 9.94. The Labute approximate surface area is 137 Å². The summed E-state index contributed by atoms with van der Waals surface area (Å²) in [4.78, 5) is 11.3. The fourth-order valence-corrected chi connectivity index (χ4v) is 2.23. The van der Waals surface area contributed by atoms with Crippen molar-refractivity contribution in [3.8, 4) is 16.9 Å². The molecular formula is C18H15F3O3. The minimum absolute atomic E-state index is 0.0967. The number of rotatable bonds is 4. The van der Waals surface area contributed by atoms with Crippen molar-refractivity contribution in [2.45, 2.75) is 6.18 Å². The van der Waals surface area contributed by atoms with E-state index in [2.05, 4.69) is 4.74 Å². The maximum Gasteiger partial charge on any atom is 0.417 e. The number of hydrogen-bond donors (Lipinski definition) is 0. The zero-order valence-corrected chi connectivity index (χ0v) is 13.1. The molecule has 0 saturated carbocycles. The minimum Gasteiger partial charge on any atom is -0.497 e. The average molecular weight is 336 g/mol. The van der Waals surface area contributed by atoms with Crippen LogP contribution >= 0.6 is 0 Å². The topological polar surface area (TPSA) is 35.5 Å². The third kappa shape index (κ3) is 3.95. The van der Waals surface area contributed by atoms with E-state index in [0.29, 0.717) is 16.9 Å². The van der Waals surface area contributed by atoms with Crippen molar-refractivity contribution in [3.63, 3.8) is 0 Å². The summed E-state index contributed by atoms with van der Waals surface area (Å²) in [7, 11) is 2.66. The summed E-state index contributed by atoms with van der Waals surface area (Å²) >= 11 is 0. The van der Waals surface area contributed by atoms with Gasteiger partial charge >= 0.3 is 12.1 Å². The van der Waals surface area contributed by atoms with E-state index in [1.807, 2.05) is 0 Å². The Bertz CT molecular complexity index is 747. The van der Waals surface area contributed by atoms with Gasteiger partial charge in [0, 0.05) is 6.08 Å². The van der Waals surface area contributed by atoms with Crippen LogP contribution in [0.4, 0.5) is 13.2 Å². The van der Waals surface area contributed by atoms with Gasteiger partial charge in [0.2, 0.25) is 0 Å². The molecule has 6 heteroatoms. The van der Waals surface area contributed by atoms with Crippen LogP contribution < -0.4 is 4.74 Å². The van der Waals surface area contributed by atoms with Crippen LogP contribution in [0.25, 0.3) is 17.2 Å². The average Bonchev–Trinajstić information content (AvgIpc) is 2.58. The molecule has 3 nitrogen and oxygen atoms in total. The molecule has 0 amide bonds. The number of halogens is 3. The molecule has 0 bridgehead atoms. The first-order chi connectivity index (χ1) is 11.4. The lowest BCUT2D eigenvalue weighted by molar-refractivity contribution is -0.138. The molecular weight excluding hydrogens is 321 g/mol. The highest BCUT2D eigenvalue weighted by Gasteiger charge is 2.33. The van der Waals surface area contributed by atoms with Gasteiger partial charge in [-0.25, -0.2) is 4.79 Å². The smallest absolute Gasteiger partial charge is 0.417 e. The molecule has 126 valence electrons. The third-order valence-electron chi connectivity index (χ3n) is 3.40. The molecule has 2 aromatic rings. The summed E-state index contributed by atoms with van der Waals surface area (Å²) in [6, 6.07) is 10.5. The summed E-state index contributed by atoms with van der Waals surface area (Å²) in [6.07, 6.45) is -2.45. The summed E-state index contributed by atoms with van der Waals surface area (Å²) < 4.78 is 49.4. The van der Waals surface area contributed by atoms with Crippen molar-refractivity contribution >= 4 is 12.0 Å². The van der Waals surface area contributed by atoms with Crippen LogP contribution in [0.3, 0.4) is 0 Å². The van der Waals surface area contributed by atoms with E-state index >= 15 is 0 Å². The van der Waals surface area contributed by atoms with Crippen LogP contribution in [0.15, 0.2) is 48.5 Å². The highest BCUT2D eigenvalue weighted by molar-refractivity contribution is 5.90. The Hall–Kier alpha value is -2.76. The summed E-state index contributed by atoms with van der Waals surface area (Å²) in [5.74, 6) is -0.134. The standard InChI is InChI=1S/C18H15F3O3/c1-23-13-8-6-12(7-9-13)14-4-3-5-16(18(19,20)21)15(14)10-11-17(22)24-2/h3-11H,1-2H3/b11-10+. The molecule has 0 radical (unpaired) electrons. The molecule has 0 aliphatic carbocycles. The number of carbonyl (C=O) groups is 1.